The SMILES string of the molecule is Cc1cc(C)c(NC(=O)c2cccc(CN3C(=O)c4ccccc4C3=O)c2)c(C)c1. The molecule has 3 aromatic rings. The summed E-state index contributed by atoms with van der Waals surface area (Å²) < 4.78 is 0. The van der Waals surface area contributed by atoms with E-state index in [1.807, 2.05) is 39.0 Å². The molecule has 0 saturated heterocycles. The number of hydrogen-bond donors (Lipinski definition) is 1. The van der Waals surface area contributed by atoms with Gasteiger partial charge in [0.25, 0.3) is 17.7 Å². The van der Waals surface area contributed by atoms with E-state index < -0.39 is 0 Å². The number of carbonyl (C=O) groups excluding carboxylic acids is 3. The molecule has 0 atom stereocenters. The van der Waals surface area contributed by atoms with Gasteiger partial charge in [-0.1, -0.05) is 42.0 Å². The molecular formula is C25H22N2O3. The molecule has 0 aromatic heterocycles. The van der Waals surface area contributed by atoms with Crippen LogP contribution in [0.3, 0.4) is 0 Å². The minimum absolute atomic E-state index is 0.121. The van der Waals surface area contributed by atoms with Crippen molar-refractivity contribution < 1.29 is 14.4 Å². The van der Waals surface area contributed by atoms with Crippen molar-refractivity contribution in [1.29, 1.82) is 0 Å². The van der Waals surface area contributed by atoms with Crippen molar-refractivity contribution in [3.63, 3.8) is 0 Å². The number of amides is 3. The van der Waals surface area contributed by atoms with Gasteiger partial charge in [-0.2, -0.15) is 0 Å². The van der Waals surface area contributed by atoms with Crippen LogP contribution in [0.4, 0.5) is 5.69 Å². The Morgan fingerprint density at radius 1 is 0.833 bits per heavy atom. The molecule has 0 unspecified atom stereocenters. The summed E-state index contributed by atoms with van der Waals surface area (Å²) in [5, 5.41) is 2.99. The Labute approximate surface area is 175 Å². The van der Waals surface area contributed by atoms with E-state index in [2.05, 4.69) is 5.32 Å². The number of aryl methyl sites for hydroxylation is 3. The molecule has 30 heavy (non-hydrogen) atoms. The zero-order valence-corrected chi connectivity index (χ0v) is 17.2. The molecule has 5 heteroatoms. The lowest BCUT2D eigenvalue weighted by Crippen LogP contribution is -2.29. The second-order valence-electron chi connectivity index (χ2n) is 7.67. The number of nitrogens with zero attached hydrogens (tertiary/aromatic N) is 1. The molecule has 3 aromatic carbocycles. The Balaban J connectivity index is 1.55. The van der Waals surface area contributed by atoms with Gasteiger partial charge in [0, 0.05) is 11.3 Å². The fourth-order valence-corrected chi connectivity index (χ4v) is 3.94. The minimum Gasteiger partial charge on any atom is -0.322 e. The molecule has 0 radical (unpaired) electrons. The van der Waals surface area contributed by atoms with E-state index in [0.29, 0.717) is 16.7 Å². The monoisotopic (exact) mass is 398 g/mol. The van der Waals surface area contributed by atoms with Crippen molar-refractivity contribution in [2.75, 3.05) is 5.32 Å². The van der Waals surface area contributed by atoms with E-state index in [4.69, 9.17) is 0 Å². The summed E-state index contributed by atoms with van der Waals surface area (Å²) in [6.07, 6.45) is 0. The third-order valence-electron chi connectivity index (χ3n) is 5.32. The fourth-order valence-electron chi connectivity index (χ4n) is 3.94. The molecule has 0 saturated carbocycles. The van der Waals surface area contributed by atoms with Gasteiger partial charge in [0.1, 0.15) is 0 Å². The summed E-state index contributed by atoms with van der Waals surface area (Å²) in [4.78, 5) is 39.3. The smallest absolute Gasteiger partial charge is 0.261 e. The maximum atomic E-state index is 12.8. The van der Waals surface area contributed by atoms with Gasteiger partial charge in [0.2, 0.25) is 0 Å². The zero-order chi connectivity index (χ0) is 21.4. The number of carbonyl (C=O) groups is 3. The molecular weight excluding hydrogens is 376 g/mol. The normalized spacial score (nSPS) is 12.8. The van der Waals surface area contributed by atoms with Gasteiger partial charge in [-0.3, -0.25) is 19.3 Å². The molecule has 5 nitrogen and oxygen atoms in total. The zero-order valence-electron chi connectivity index (χ0n) is 17.2. The van der Waals surface area contributed by atoms with E-state index >= 15 is 0 Å². The first-order valence-electron chi connectivity index (χ1n) is 9.78. The molecule has 0 fully saturated rings. The predicted octanol–water partition coefficient (Wildman–Crippen LogP) is 4.66. The van der Waals surface area contributed by atoms with Crippen LogP contribution in [-0.2, 0) is 6.54 Å². The standard InChI is InChI=1S/C25H22N2O3/c1-15-11-16(2)22(17(3)12-15)26-23(28)19-8-6-7-18(13-19)14-27-24(29)20-9-4-5-10-21(20)25(27)30/h4-13H,14H2,1-3H3,(H,26,28). The van der Waals surface area contributed by atoms with E-state index in [-0.39, 0.29) is 24.3 Å². The van der Waals surface area contributed by atoms with Crippen molar-refractivity contribution in [1.82, 2.24) is 4.90 Å². The van der Waals surface area contributed by atoms with Crippen LogP contribution in [0.1, 0.15) is 53.3 Å². The molecule has 1 N–H and O–H groups in total. The molecule has 1 heterocycles. The van der Waals surface area contributed by atoms with E-state index in [9.17, 15) is 14.4 Å². The van der Waals surface area contributed by atoms with Crippen LogP contribution in [0.25, 0.3) is 0 Å². The van der Waals surface area contributed by atoms with Crippen molar-refractivity contribution in [3.05, 3.63) is 99.6 Å². The Bertz CT molecular complexity index is 1140. The lowest BCUT2D eigenvalue weighted by Gasteiger charge is -2.15. The van der Waals surface area contributed by atoms with Crippen molar-refractivity contribution >= 4 is 23.4 Å². The number of fused-ring (bicyclic) bond motifs is 1. The predicted molar refractivity (Wildman–Crippen MR) is 116 cm³/mol. The Hall–Kier alpha value is -3.73. The van der Waals surface area contributed by atoms with E-state index in [1.165, 1.54) is 4.90 Å². The third kappa shape index (κ3) is 3.50. The quantitative estimate of drug-likeness (QED) is 0.650. The van der Waals surface area contributed by atoms with Crippen LogP contribution in [0, 0.1) is 20.8 Å². The number of nitrogens with one attached hydrogen (secondary N) is 1. The highest BCUT2D eigenvalue weighted by molar-refractivity contribution is 6.21. The Morgan fingerprint density at radius 2 is 1.43 bits per heavy atom. The van der Waals surface area contributed by atoms with Crippen LogP contribution in [0.2, 0.25) is 0 Å². The molecule has 0 spiro atoms. The number of rotatable bonds is 4. The summed E-state index contributed by atoms with van der Waals surface area (Å²) in [7, 11) is 0. The maximum absolute atomic E-state index is 12.8. The highest BCUT2D eigenvalue weighted by Gasteiger charge is 2.35. The van der Waals surface area contributed by atoms with Crippen LogP contribution in [0.15, 0.2) is 60.7 Å². The van der Waals surface area contributed by atoms with Gasteiger partial charge in [0.05, 0.1) is 17.7 Å². The van der Waals surface area contributed by atoms with E-state index in [1.54, 1.807) is 42.5 Å². The molecule has 1 aliphatic rings. The number of hydrogen-bond acceptors (Lipinski definition) is 3. The van der Waals surface area contributed by atoms with E-state index in [0.717, 1.165) is 27.9 Å². The van der Waals surface area contributed by atoms with Gasteiger partial charge in [-0.15, -0.1) is 0 Å². The Kier molecular flexibility index (Phi) is 4.96. The average molecular weight is 398 g/mol. The first-order valence-corrected chi connectivity index (χ1v) is 9.78. The van der Waals surface area contributed by atoms with Crippen molar-refractivity contribution in [3.8, 4) is 0 Å². The number of anilines is 1. The maximum Gasteiger partial charge on any atom is 0.261 e. The molecule has 0 aliphatic carbocycles. The number of imide groups is 1. The lowest BCUT2D eigenvalue weighted by molar-refractivity contribution is 0.0642. The first kappa shape index (κ1) is 19.6. The van der Waals surface area contributed by atoms with Crippen molar-refractivity contribution in [2.45, 2.75) is 27.3 Å². The molecule has 4 rings (SSSR count). The summed E-state index contributed by atoms with van der Waals surface area (Å²) in [5.74, 6) is -0.845. The first-order chi connectivity index (χ1) is 14.3. The van der Waals surface area contributed by atoms with Crippen molar-refractivity contribution in [2.24, 2.45) is 0 Å². The number of benzene rings is 3. The molecule has 150 valence electrons. The van der Waals surface area contributed by atoms with Crippen LogP contribution < -0.4 is 5.32 Å². The second-order valence-corrected chi connectivity index (χ2v) is 7.67. The molecule has 1 aliphatic heterocycles. The topological polar surface area (TPSA) is 66.5 Å². The van der Waals surface area contributed by atoms with Gasteiger partial charge in [0.15, 0.2) is 0 Å². The van der Waals surface area contributed by atoms with Crippen LogP contribution >= 0.6 is 0 Å². The van der Waals surface area contributed by atoms with Gasteiger partial charge >= 0.3 is 0 Å². The molecule has 3 amide bonds. The van der Waals surface area contributed by atoms with Crippen LogP contribution in [-0.4, -0.2) is 22.6 Å². The van der Waals surface area contributed by atoms with Gasteiger partial charge in [-0.05, 0) is 61.7 Å². The van der Waals surface area contributed by atoms with Crippen LogP contribution in [0.5, 0.6) is 0 Å². The minimum atomic E-state index is -0.309. The third-order valence-corrected chi connectivity index (χ3v) is 5.32. The summed E-state index contributed by atoms with van der Waals surface area (Å²) in [6, 6.07) is 17.9. The highest BCUT2D eigenvalue weighted by Crippen LogP contribution is 2.25. The Morgan fingerprint density at radius 3 is 2.03 bits per heavy atom. The fraction of sp³-hybridized carbons (Fsp3) is 0.160. The van der Waals surface area contributed by atoms with Gasteiger partial charge < -0.3 is 5.32 Å². The summed E-state index contributed by atoms with van der Waals surface area (Å²) in [6.45, 7) is 6.08. The van der Waals surface area contributed by atoms with Gasteiger partial charge in [-0.25, -0.2) is 0 Å². The highest BCUT2D eigenvalue weighted by atomic mass is 16.2. The summed E-state index contributed by atoms with van der Waals surface area (Å²) >= 11 is 0. The lowest BCUT2D eigenvalue weighted by atomic mass is 10.0. The largest absolute Gasteiger partial charge is 0.322 e. The second kappa shape index (κ2) is 7.59. The average Bonchev–Trinajstić information content (AvgIpc) is 2.96. The molecule has 0 bridgehead atoms. The summed E-state index contributed by atoms with van der Waals surface area (Å²) in [5.41, 5.74) is 5.98.